The number of sulfonamides is 1. The predicted molar refractivity (Wildman–Crippen MR) is 84.2 cm³/mol. The molecule has 2 heterocycles. The highest BCUT2D eigenvalue weighted by Crippen LogP contribution is 2.29. The van der Waals surface area contributed by atoms with Gasteiger partial charge in [-0.3, -0.25) is 0 Å². The van der Waals surface area contributed by atoms with Gasteiger partial charge in [-0.1, -0.05) is 29.3 Å². The quantitative estimate of drug-likeness (QED) is 0.754. The van der Waals surface area contributed by atoms with Crippen LogP contribution < -0.4 is 4.72 Å². The Morgan fingerprint density at radius 2 is 1.78 bits per heavy atom. The summed E-state index contributed by atoms with van der Waals surface area (Å²) in [6.07, 6.45) is 4.17. The van der Waals surface area contributed by atoms with Crippen LogP contribution >= 0.6 is 23.2 Å². The van der Waals surface area contributed by atoms with Crippen molar-refractivity contribution in [2.75, 3.05) is 4.72 Å². The van der Waals surface area contributed by atoms with Crippen LogP contribution in [0.2, 0.25) is 10.0 Å². The maximum absolute atomic E-state index is 12.5. The number of halogens is 2. The zero-order valence-corrected chi connectivity index (χ0v) is 13.6. The van der Waals surface area contributed by atoms with E-state index in [0.29, 0.717) is 0 Å². The number of rotatable bonds is 4. The lowest BCUT2D eigenvalue weighted by atomic mass is 10.4. The van der Waals surface area contributed by atoms with Gasteiger partial charge in [0.05, 0.1) is 10.0 Å². The van der Waals surface area contributed by atoms with Crippen LogP contribution in [0, 0.1) is 0 Å². The van der Waals surface area contributed by atoms with E-state index in [-0.39, 0.29) is 26.8 Å². The molecule has 0 bridgehead atoms. The molecule has 0 radical (unpaired) electrons. The summed E-state index contributed by atoms with van der Waals surface area (Å²) < 4.78 is 28.4. The predicted octanol–water partition coefficient (Wildman–Crippen LogP) is 2.16. The Morgan fingerprint density at radius 3 is 2.52 bits per heavy atom. The van der Waals surface area contributed by atoms with Gasteiger partial charge in [-0.05, 0) is 18.2 Å². The summed E-state index contributed by atoms with van der Waals surface area (Å²) in [5.41, 5.74) is 0. The molecule has 0 saturated carbocycles. The molecule has 0 saturated heterocycles. The molecule has 3 rings (SSSR count). The maximum Gasteiger partial charge on any atom is 0.265 e. The highest BCUT2D eigenvalue weighted by molar-refractivity contribution is 7.92. The smallest absolute Gasteiger partial charge is 0.247 e. The van der Waals surface area contributed by atoms with E-state index < -0.39 is 10.0 Å². The first kappa shape index (κ1) is 15.7. The molecule has 0 atom stereocenters. The molecular formula is C12H8Cl2N6O2S. The fourth-order valence-corrected chi connectivity index (χ4v) is 3.48. The molecule has 8 nitrogen and oxygen atoms in total. The summed E-state index contributed by atoms with van der Waals surface area (Å²) in [5, 5.41) is 3.95. The molecule has 0 spiro atoms. The summed E-state index contributed by atoms with van der Waals surface area (Å²) in [6.45, 7) is 0. The van der Waals surface area contributed by atoms with Gasteiger partial charge >= 0.3 is 0 Å². The minimum absolute atomic E-state index is 0.0766. The molecular weight excluding hydrogens is 363 g/mol. The molecule has 0 amide bonds. The lowest BCUT2D eigenvalue weighted by molar-refractivity contribution is 0.600. The molecule has 0 aliphatic carbocycles. The maximum atomic E-state index is 12.5. The van der Waals surface area contributed by atoms with E-state index in [9.17, 15) is 8.42 Å². The number of anilines is 1. The van der Waals surface area contributed by atoms with Crippen molar-refractivity contribution in [2.24, 2.45) is 0 Å². The van der Waals surface area contributed by atoms with Gasteiger partial charge in [0.25, 0.3) is 16.0 Å². The highest BCUT2D eigenvalue weighted by Gasteiger charge is 2.22. The van der Waals surface area contributed by atoms with Gasteiger partial charge in [0.2, 0.25) is 5.95 Å². The van der Waals surface area contributed by atoms with E-state index in [0.717, 1.165) is 4.68 Å². The van der Waals surface area contributed by atoms with E-state index in [4.69, 9.17) is 23.2 Å². The molecule has 0 unspecified atom stereocenters. The van der Waals surface area contributed by atoms with Crippen LogP contribution in [0.15, 0.2) is 47.9 Å². The Balaban J connectivity index is 2.00. The number of hydrogen-bond donors (Lipinski definition) is 1. The second-order valence-corrected chi connectivity index (χ2v) is 6.64. The Bertz CT molecular complexity index is 945. The number of nitrogens with one attached hydrogen (secondary N) is 1. The fourth-order valence-electron chi connectivity index (χ4n) is 1.72. The molecule has 0 aliphatic heterocycles. The van der Waals surface area contributed by atoms with Crippen molar-refractivity contribution in [3.63, 3.8) is 0 Å². The summed E-state index contributed by atoms with van der Waals surface area (Å²) in [5.74, 6) is 0.0899. The first-order chi connectivity index (χ1) is 11.0. The van der Waals surface area contributed by atoms with Gasteiger partial charge in [-0.2, -0.15) is 14.8 Å². The van der Waals surface area contributed by atoms with Gasteiger partial charge in [0, 0.05) is 12.4 Å². The second-order valence-electron chi connectivity index (χ2n) is 4.20. The normalized spacial score (nSPS) is 11.4. The standard InChI is InChI=1S/C12H8Cl2N6O2S/c13-8-3-1-4-9(10(8)14)23(21,22)19-12-17-7-18-20(12)11-15-5-2-6-16-11/h1-7H,(H,17,18,19). The SMILES string of the molecule is O=S(=O)(Nc1ncnn1-c1ncccn1)c1cccc(Cl)c1Cl. The van der Waals surface area contributed by atoms with Crippen molar-refractivity contribution in [2.45, 2.75) is 4.90 Å². The number of nitrogens with zero attached hydrogens (tertiary/aromatic N) is 5. The summed E-state index contributed by atoms with van der Waals surface area (Å²) >= 11 is 11.8. The van der Waals surface area contributed by atoms with Gasteiger partial charge in [-0.15, -0.1) is 0 Å². The van der Waals surface area contributed by atoms with Crippen molar-refractivity contribution in [3.8, 4) is 5.95 Å². The van der Waals surface area contributed by atoms with Gasteiger partial charge in [0.1, 0.15) is 11.2 Å². The Hall–Kier alpha value is -2.23. The lowest BCUT2D eigenvalue weighted by Crippen LogP contribution is -2.18. The van der Waals surface area contributed by atoms with Crippen molar-refractivity contribution in [3.05, 3.63) is 53.0 Å². The topological polar surface area (TPSA) is 103 Å². The van der Waals surface area contributed by atoms with E-state index in [1.165, 1.54) is 36.9 Å². The highest BCUT2D eigenvalue weighted by atomic mass is 35.5. The summed E-state index contributed by atoms with van der Waals surface area (Å²) in [4.78, 5) is 11.7. The lowest BCUT2D eigenvalue weighted by Gasteiger charge is -2.09. The Kier molecular flexibility index (Phi) is 4.16. The number of hydrogen-bond acceptors (Lipinski definition) is 6. The molecule has 0 fully saturated rings. The molecule has 11 heteroatoms. The van der Waals surface area contributed by atoms with Gasteiger partial charge in [-0.25, -0.2) is 23.1 Å². The largest absolute Gasteiger partial charge is 0.265 e. The Labute approximate surface area is 141 Å². The van der Waals surface area contributed by atoms with Crippen LogP contribution in [0.5, 0.6) is 0 Å². The second kappa shape index (κ2) is 6.11. The number of aromatic nitrogens is 5. The zero-order chi connectivity index (χ0) is 16.4. The van der Waals surface area contributed by atoms with Crippen molar-refractivity contribution in [1.82, 2.24) is 24.7 Å². The van der Waals surface area contributed by atoms with E-state index in [2.05, 4.69) is 24.8 Å². The van der Waals surface area contributed by atoms with E-state index >= 15 is 0 Å². The average Bonchev–Trinajstić information content (AvgIpc) is 2.98. The summed E-state index contributed by atoms with van der Waals surface area (Å²) in [6, 6.07) is 5.92. The van der Waals surface area contributed by atoms with Crippen LogP contribution in [0.4, 0.5) is 5.95 Å². The third-order valence-electron chi connectivity index (χ3n) is 2.72. The monoisotopic (exact) mass is 370 g/mol. The van der Waals surface area contributed by atoms with E-state index in [1.807, 2.05) is 0 Å². The van der Waals surface area contributed by atoms with Crippen molar-refractivity contribution >= 4 is 39.2 Å². The van der Waals surface area contributed by atoms with Crippen LogP contribution in [0.1, 0.15) is 0 Å². The summed E-state index contributed by atoms with van der Waals surface area (Å²) in [7, 11) is -4.01. The number of benzene rings is 1. The Morgan fingerprint density at radius 1 is 1.04 bits per heavy atom. The van der Waals surface area contributed by atoms with Crippen LogP contribution in [0.3, 0.4) is 0 Å². The molecule has 118 valence electrons. The first-order valence-electron chi connectivity index (χ1n) is 6.13. The molecule has 3 aromatic rings. The van der Waals surface area contributed by atoms with Crippen molar-refractivity contribution in [1.29, 1.82) is 0 Å². The first-order valence-corrected chi connectivity index (χ1v) is 8.37. The average molecular weight is 371 g/mol. The molecule has 1 aromatic carbocycles. The third kappa shape index (κ3) is 3.11. The van der Waals surface area contributed by atoms with Gasteiger partial charge < -0.3 is 0 Å². The van der Waals surface area contributed by atoms with Crippen LogP contribution in [0.25, 0.3) is 5.95 Å². The fraction of sp³-hybridized carbons (Fsp3) is 0. The minimum atomic E-state index is -4.01. The molecule has 2 aromatic heterocycles. The third-order valence-corrected chi connectivity index (χ3v) is 5.02. The molecule has 0 aliphatic rings. The molecule has 1 N–H and O–H groups in total. The van der Waals surface area contributed by atoms with Gasteiger partial charge in [0.15, 0.2) is 0 Å². The minimum Gasteiger partial charge on any atom is -0.247 e. The zero-order valence-electron chi connectivity index (χ0n) is 11.3. The van der Waals surface area contributed by atoms with Crippen LogP contribution in [-0.4, -0.2) is 33.2 Å². The van der Waals surface area contributed by atoms with Crippen molar-refractivity contribution < 1.29 is 8.42 Å². The van der Waals surface area contributed by atoms with Crippen LogP contribution in [-0.2, 0) is 10.0 Å². The van der Waals surface area contributed by atoms with E-state index in [1.54, 1.807) is 6.07 Å². The molecule has 23 heavy (non-hydrogen) atoms.